The zero-order valence-corrected chi connectivity index (χ0v) is 11.9. The van der Waals surface area contributed by atoms with E-state index < -0.39 is 0 Å². The second-order valence-electron chi connectivity index (χ2n) is 3.91. The summed E-state index contributed by atoms with van der Waals surface area (Å²) < 4.78 is 0.940. The van der Waals surface area contributed by atoms with Gasteiger partial charge in [-0.25, -0.2) is 4.98 Å². The molecule has 0 fully saturated rings. The Bertz CT molecular complexity index is 528. The van der Waals surface area contributed by atoms with Crippen molar-refractivity contribution in [2.45, 2.75) is 0 Å². The predicted octanol–water partition coefficient (Wildman–Crippen LogP) is 2.69. The first-order valence-corrected chi connectivity index (χ1v) is 6.74. The van der Waals surface area contributed by atoms with Crippen molar-refractivity contribution in [3.8, 4) is 0 Å². The van der Waals surface area contributed by atoms with Crippen molar-refractivity contribution in [1.29, 1.82) is 0 Å². The fraction of sp³-hybridized carbons (Fsp3) is 0.143. The summed E-state index contributed by atoms with van der Waals surface area (Å²) in [5.74, 6) is 0.725. The predicted molar refractivity (Wildman–Crippen MR) is 79.2 cm³/mol. The second kappa shape index (κ2) is 6.89. The Morgan fingerprint density at radius 3 is 2.58 bits per heavy atom. The van der Waals surface area contributed by atoms with Crippen LogP contribution in [0.3, 0.4) is 0 Å². The fourth-order valence-electron chi connectivity index (χ4n) is 1.54. The van der Waals surface area contributed by atoms with Crippen LogP contribution in [0.15, 0.2) is 53.1 Å². The summed E-state index contributed by atoms with van der Waals surface area (Å²) in [4.78, 5) is 15.9. The van der Waals surface area contributed by atoms with E-state index in [2.05, 4.69) is 31.5 Å². The Morgan fingerprint density at radius 1 is 1.11 bits per heavy atom. The Labute approximate surface area is 120 Å². The fourth-order valence-corrected chi connectivity index (χ4v) is 1.77. The van der Waals surface area contributed by atoms with E-state index in [1.165, 1.54) is 0 Å². The van der Waals surface area contributed by atoms with E-state index in [4.69, 9.17) is 0 Å². The normalized spacial score (nSPS) is 9.95. The van der Waals surface area contributed by atoms with Crippen LogP contribution in [0.5, 0.6) is 0 Å². The molecule has 1 heterocycles. The van der Waals surface area contributed by atoms with Crippen molar-refractivity contribution >= 4 is 27.7 Å². The zero-order chi connectivity index (χ0) is 13.5. The smallest absolute Gasteiger partial charge is 0.251 e. The molecule has 0 atom stereocenters. The highest BCUT2D eigenvalue weighted by Gasteiger charge is 2.02. The van der Waals surface area contributed by atoms with Crippen molar-refractivity contribution in [3.63, 3.8) is 0 Å². The third-order valence-corrected chi connectivity index (χ3v) is 2.95. The van der Waals surface area contributed by atoms with E-state index in [-0.39, 0.29) is 5.91 Å². The molecule has 1 amide bonds. The summed E-state index contributed by atoms with van der Waals surface area (Å²) in [6.45, 7) is 1.18. The molecule has 0 unspecified atom stereocenters. The topological polar surface area (TPSA) is 54.0 Å². The summed E-state index contributed by atoms with van der Waals surface area (Å²) >= 11 is 3.32. The van der Waals surface area contributed by atoms with Gasteiger partial charge in [0.25, 0.3) is 5.91 Å². The van der Waals surface area contributed by atoms with Crippen LogP contribution in [0.25, 0.3) is 0 Å². The van der Waals surface area contributed by atoms with E-state index in [9.17, 15) is 4.79 Å². The van der Waals surface area contributed by atoms with Gasteiger partial charge in [0.2, 0.25) is 0 Å². The maximum absolute atomic E-state index is 11.7. The molecule has 2 N–H and O–H groups in total. The molecule has 19 heavy (non-hydrogen) atoms. The van der Waals surface area contributed by atoms with Crippen LogP contribution in [0.4, 0.5) is 5.82 Å². The number of benzene rings is 1. The van der Waals surface area contributed by atoms with Crippen LogP contribution in [0.2, 0.25) is 0 Å². The summed E-state index contributed by atoms with van der Waals surface area (Å²) in [7, 11) is 0. The van der Waals surface area contributed by atoms with E-state index in [0.29, 0.717) is 18.7 Å². The highest BCUT2D eigenvalue weighted by molar-refractivity contribution is 9.10. The lowest BCUT2D eigenvalue weighted by atomic mass is 10.2. The maximum atomic E-state index is 11.7. The number of pyridine rings is 1. The standard InChI is InChI=1S/C14H14BrN3O/c15-12-6-7-13(18-10-12)16-8-9-17-14(19)11-4-2-1-3-5-11/h1-7,10H,8-9H2,(H,16,18)(H,17,19). The Morgan fingerprint density at radius 2 is 1.89 bits per heavy atom. The number of carbonyl (C=O) groups is 1. The first-order chi connectivity index (χ1) is 9.25. The molecule has 98 valence electrons. The molecular weight excluding hydrogens is 306 g/mol. The molecule has 0 saturated carbocycles. The number of carbonyl (C=O) groups excluding carboxylic acids is 1. The number of aromatic nitrogens is 1. The Balaban J connectivity index is 1.72. The number of halogens is 1. The van der Waals surface area contributed by atoms with Gasteiger partial charge in [-0.1, -0.05) is 18.2 Å². The second-order valence-corrected chi connectivity index (χ2v) is 4.83. The third kappa shape index (κ3) is 4.37. The van der Waals surface area contributed by atoms with Gasteiger partial charge in [0, 0.05) is 29.3 Å². The molecule has 0 spiro atoms. The van der Waals surface area contributed by atoms with Crippen molar-refractivity contribution in [3.05, 3.63) is 58.7 Å². The molecule has 0 aliphatic rings. The lowest BCUT2D eigenvalue weighted by molar-refractivity contribution is 0.0955. The molecular formula is C14H14BrN3O. The van der Waals surface area contributed by atoms with Gasteiger partial charge in [0.1, 0.15) is 5.82 Å². The Hall–Kier alpha value is -1.88. The van der Waals surface area contributed by atoms with Gasteiger partial charge in [-0.2, -0.15) is 0 Å². The molecule has 0 saturated heterocycles. The van der Waals surface area contributed by atoms with E-state index in [0.717, 1.165) is 10.3 Å². The lowest BCUT2D eigenvalue weighted by Crippen LogP contribution is -2.28. The summed E-state index contributed by atoms with van der Waals surface area (Å²) in [6.07, 6.45) is 1.73. The van der Waals surface area contributed by atoms with Crippen molar-refractivity contribution in [1.82, 2.24) is 10.3 Å². The maximum Gasteiger partial charge on any atom is 0.251 e. The van der Waals surface area contributed by atoms with Gasteiger partial charge >= 0.3 is 0 Å². The van der Waals surface area contributed by atoms with Crippen LogP contribution in [0, 0.1) is 0 Å². The van der Waals surface area contributed by atoms with Crippen LogP contribution in [-0.4, -0.2) is 24.0 Å². The first-order valence-electron chi connectivity index (χ1n) is 5.94. The molecule has 0 aliphatic carbocycles. The van der Waals surface area contributed by atoms with E-state index >= 15 is 0 Å². The molecule has 0 bridgehead atoms. The minimum atomic E-state index is -0.0637. The van der Waals surface area contributed by atoms with Crippen molar-refractivity contribution in [2.75, 3.05) is 18.4 Å². The van der Waals surface area contributed by atoms with Gasteiger partial charge in [0.05, 0.1) is 0 Å². The molecule has 2 aromatic rings. The molecule has 0 radical (unpaired) electrons. The minimum absolute atomic E-state index is 0.0637. The average Bonchev–Trinajstić information content (AvgIpc) is 2.46. The summed E-state index contributed by atoms with van der Waals surface area (Å²) in [5, 5.41) is 5.97. The number of nitrogens with one attached hydrogen (secondary N) is 2. The van der Waals surface area contributed by atoms with Gasteiger partial charge in [-0.3, -0.25) is 4.79 Å². The van der Waals surface area contributed by atoms with Gasteiger partial charge < -0.3 is 10.6 Å². The van der Waals surface area contributed by atoms with E-state index in [1.807, 2.05) is 30.3 Å². The number of hydrogen-bond donors (Lipinski definition) is 2. The summed E-state index contributed by atoms with van der Waals surface area (Å²) in [6, 6.07) is 13.0. The summed E-state index contributed by atoms with van der Waals surface area (Å²) in [5.41, 5.74) is 0.671. The van der Waals surface area contributed by atoms with Crippen LogP contribution >= 0.6 is 15.9 Å². The quantitative estimate of drug-likeness (QED) is 0.833. The monoisotopic (exact) mass is 319 g/mol. The van der Waals surface area contributed by atoms with Crippen LogP contribution in [-0.2, 0) is 0 Å². The number of rotatable bonds is 5. The number of nitrogens with zero attached hydrogens (tertiary/aromatic N) is 1. The molecule has 1 aromatic heterocycles. The Kier molecular flexibility index (Phi) is 4.92. The van der Waals surface area contributed by atoms with Crippen molar-refractivity contribution < 1.29 is 4.79 Å². The average molecular weight is 320 g/mol. The minimum Gasteiger partial charge on any atom is -0.368 e. The number of hydrogen-bond acceptors (Lipinski definition) is 3. The molecule has 0 aliphatic heterocycles. The van der Waals surface area contributed by atoms with Crippen molar-refractivity contribution in [2.24, 2.45) is 0 Å². The largest absolute Gasteiger partial charge is 0.368 e. The zero-order valence-electron chi connectivity index (χ0n) is 10.3. The first kappa shape index (κ1) is 13.5. The number of amides is 1. The lowest BCUT2D eigenvalue weighted by Gasteiger charge is -2.07. The molecule has 5 heteroatoms. The third-order valence-electron chi connectivity index (χ3n) is 2.48. The molecule has 2 rings (SSSR count). The van der Waals surface area contributed by atoms with Gasteiger partial charge in [0.15, 0.2) is 0 Å². The molecule has 4 nitrogen and oxygen atoms in total. The van der Waals surface area contributed by atoms with Gasteiger partial charge in [-0.05, 0) is 40.2 Å². The van der Waals surface area contributed by atoms with Gasteiger partial charge in [-0.15, -0.1) is 0 Å². The van der Waals surface area contributed by atoms with Crippen LogP contribution in [0.1, 0.15) is 10.4 Å². The van der Waals surface area contributed by atoms with Crippen LogP contribution < -0.4 is 10.6 Å². The highest BCUT2D eigenvalue weighted by atomic mass is 79.9. The number of anilines is 1. The van der Waals surface area contributed by atoms with E-state index in [1.54, 1.807) is 18.3 Å². The SMILES string of the molecule is O=C(NCCNc1ccc(Br)cn1)c1ccccc1. The highest BCUT2D eigenvalue weighted by Crippen LogP contribution is 2.09. The molecule has 1 aromatic carbocycles.